The number of carbonyl (C=O) groups is 1. The average Bonchev–Trinajstić information content (AvgIpc) is 2.18. The summed E-state index contributed by atoms with van der Waals surface area (Å²) in [4.78, 5) is 11.2. The Labute approximate surface area is 79.4 Å². The van der Waals surface area contributed by atoms with E-state index >= 15 is 0 Å². The van der Waals surface area contributed by atoms with E-state index in [4.69, 9.17) is 9.47 Å². The van der Waals surface area contributed by atoms with Gasteiger partial charge in [-0.3, -0.25) is 4.79 Å². The molecule has 0 saturated heterocycles. The van der Waals surface area contributed by atoms with Gasteiger partial charge in [0.1, 0.15) is 0 Å². The Morgan fingerprint density at radius 2 is 1.92 bits per heavy atom. The molecule has 3 nitrogen and oxygen atoms in total. The largest absolute Gasteiger partial charge is 0.469 e. The maximum Gasteiger partial charge on any atom is 0.308 e. The Hall–Kier alpha value is -0.570. The predicted octanol–water partition coefficient (Wildman–Crippen LogP) is 1.75. The van der Waals surface area contributed by atoms with Gasteiger partial charge in [-0.1, -0.05) is 0 Å². The highest BCUT2D eigenvalue weighted by atomic mass is 16.5. The highest BCUT2D eigenvalue weighted by molar-refractivity contribution is 5.72. The minimum atomic E-state index is -0.0602. The van der Waals surface area contributed by atoms with Crippen molar-refractivity contribution in [3.63, 3.8) is 0 Å². The van der Waals surface area contributed by atoms with Crippen LogP contribution in [0.3, 0.4) is 0 Å². The fourth-order valence-electron chi connectivity index (χ4n) is 1.87. The number of rotatable bonds is 3. The molecule has 0 radical (unpaired) electrons. The van der Waals surface area contributed by atoms with Crippen LogP contribution in [0.15, 0.2) is 0 Å². The number of methoxy groups -OCH3 is 1. The first-order valence-corrected chi connectivity index (χ1v) is 4.97. The number of esters is 1. The second kappa shape index (κ2) is 5.22. The van der Waals surface area contributed by atoms with E-state index < -0.39 is 0 Å². The summed E-state index contributed by atoms with van der Waals surface area (Å²) in [5.41, 5.74) is 0. The Morgan fingerprint density at radius 3 is 2.38 bits per heavy atom. The van der Waals surface area contributed by atoms with Crippen molar-refractivity contribution in [3.8, 4) is 0 Å². The maximum atomic E-state index is 11.2. The van der Waals surface area contributed by atoms with Crippen molar-refractivity contribution >= 4 is 5.97 Å². The lowest BCUT2D eigenvalue weighted by molar-refractivity contribution is -0.147. The summed E-state index contributed by atoms with van der Waals surface area (Å²) in [6.45, 7) is 2.78. The van der Waals surface area contributed by atoms with E-state index in [1.165, 1.54) is 7.11 Å². The second-order valence-electron chi connectivity index (χ2n) is 3.45. The molecule has 0 spiro atoms. The van der Waals surface area contributed by atoms with Gasteiger partial charge >= 0.3 is 5.97 Å². The van der Waals surface area contributed by atoms with Crippen molar-refractivity contribution in [1.82, 2.24) is 0 Å². The van der Waals surface area contributed by atoms with Crippen LogP contribution >= 0.6 is 0 Å². The summed E-state index contributed by atoms with van der Waals surface area (Å²) < 4.78 is 10.2. The summed E-state index contributed by atoms with van der Waals surface area (Å²) >= 11 is 0. The standard InChI is InChI=1S/C10H18O3/c1-3-13-9-6-4-8(5-7-9)10(11)12-2/h8-9H,3-7H2,1-2H3. The van der Waals surface area contributed by atoms with E-state index in [9.17, 15) is 4.79 Å². The Kier molecular flexibility index (Phi) is 4.22. The van der Waals surface area contributed by atoms with Gasteiger partial charge < -0.3 is 9.47 Å². The molecule has 0 atom stereocenters. The molecule has 1 saturated carbocycles. The number of hydrogen-bond acceptors (Lipinski definition) is 3. The smallest absolute Gasteiger partial charge is 0.308 e. The van der Waals surface area contributed by atoms with Crippen molar-refractivity contribution in [2.24, 2.45) is 5.92 Å². The first-order chi connectivity index (χ1) is 6.27. The maximum absolute atomic E-state index is 11.2. The molecule has 76 valence electrons. The highest BCUT2D eigenvalue weighted by Gasteiger charge is 2.26. The second-order valence-corrected chi connectivity index (χ2v) is 3.45. The van der Waals surface area contributed by atoms with Crippen LogP contribution in [0.2, 0.25) is 0 Å². The van der Waals surface area contributed by atoms with Crippen LogP contribution in [0.25, 0.3) is 0 Å². The fourth-order valence-corrected chi connectivity index (χ4v) is 1.87. The molecular weight excluding hydrogens is 168 g/mol. The van der Waals surface area contributed by atoms with Gasteiger partial charge in [-0.2, -0.15) is 0 Å². The van der Waals surface area contributed by atoms with Crippen LogP contribution in [0, 0.1) is 5.92 Å². The van der Waals surface area contributed by atoms with Crippen molar-refractivity contribution in [2.75, 3.05) is 13.7 Å². The third kappa shape index (κ3) is 2.99. The van der Waals surface area contributed by atoms with Crippen LogP contribution in [-0.2, 0) is 14.3 Å². The fraction of sp³-hybridized carbons (Fsp3) is 0.900. The lowest BCUT2D eigenvalue weighted by atomic mass is 9.87. The zero-order valence-electron chi connectivity index (χ0n) is 8.41. The Balaban J connectivity index is 2.26. The van der Waals surface area contributed by atoms with Gasteiger partial charge in [0.2, 0.25) is 0 Å². The molecule has 13 heavy (non-hydrogen) atoms. The number of carbonyl (C=O) groups excluding carboxylic acids is 1. The minimum Gasteiger partial charge on any atom is -0.469 e. The van der Waals surface area contributed by atoms with Gasteiger partial charge in [0, 0.05) is 6.61 Å². The van der Waals surface area contributed by atoms with Crippen LogP contribution in [-0.4, -0.2) is 25.8 Å². The topological polar surface area (TPSA) is 35.5 Å². The summed E-state index contributed by atoms with van der Waals surface area (Å²) in [6, 6.07) is 0. The highest BCUT2D eigenvalue weighted by Crippen LogP contribution is 2.26. The Bertz CT molecular complexity index is 160. The normalized spacial score (nSPS) is 28.5. The molecule has 0 aromatic rings. The lowest BCUT2D eigenvalue weighted by Gasteiger charge is -2.26. The van der Waals surface area contributed by atoms with E-state index in [0.29, 0.717) is 6.10 Å². The minimum absolute atomic E-state index is 0.0602. The monoisotopic (exact) mass is 186 g/mol. The van der Waals surface area contributed by atoms with Gasteiger partial charge in [0.15, 0.2) is 0 Å². The van der Waals surface area contributed by atoms with E-state index in [-0.39, 0.29) is 11.9 Å². The molecule has 1 aliphatic rings. The molecular formula is C10H18O3. The number of hydrogen-bond donors (Lipinski definition) is 0. The summed E-state index contributed by atoms with van der Waals surface area (Å²) in [5, 5.41) is 0. The SMILES string of the molecule is CCOC1CCC(C(=O)OC)CC1. The van der Waals surface area contributed by atoms with Crippen LogP contribution in [0.1, 0.15) is 32.6 Å². The summed E-state index contributed by atoms with van der Waals surface area (Å²) in [5.74, 6) is 0.0525. The van der Waals surface area contributed by atoms with Gasteiger partial charge in [-0.25, -0.2) is 0 Å². The van der Waals surface area contributed by atoms with Crippen molar-refractivity contribution in [1.29, 1.82) is 0 Å². The summed E-state index contributed by atoms with van der Waals surface area (Å²) in [6.07, 6.45) is 4.18. The molecule has 0 aromatic heterocycles. The third-order valence-electron chi connectivity index (χ3n) is 2.61. The zero-order chi connectivity index (χ0) is 9.68. The molecule has 0 N–H and O–H groups in total. The Morgan fingerprint density at radius 1 is 1.31 bits per heavy atom. The molecule has 1 aliphatic carbocycles. The van der Waals surface area contributed by atoms with Gasteiger partial charge in [-0.05, 0) is 32.6 Å². The third-order valence-corrected chi connectivity index (χ3v) is 2.61. The first-order valence-electron chi connectivity index (χ1n) is 4.97. The molecule has 1 fully saturated rings. The molecule has 1 rings (SSSR count). The van der Waals surface area contributed by atoms with Gasteiger partial charge in [0.05, 0.1) is 19.1 Å². The van der Waals surface area contributed by atoms with Gasteiger partial charge in [0.25, 0.3) is 0 Å². The van der Waals surface area contributed by atoms with E-state index in [2.05, 4.69) is 0 Å². The molecule has 0 bridgehead atoms. The predicted molar refractivity (Wildman–Crippen MR) is 49.4 cm³/mol. The number of ether oxygens (including phenoxy) is 2. The van der Waals surface area contributed by atoms with E-state index in [1.807, 2.05) is 6.92 Å². The van der Waals surface area contributed by atoms with Crippen LogP contribution in [0.4, 0.5) is 0 Å². The molecule has 3 heteroatoms. The van der Waals surface area contributed by atoms with E-state index in [0.717, 1.165) is 32.3 Å². The lowest BCUT2D eigenvalue weighted by Crippen LogP contribution is -2.26. The van der Waals surface area contributed by atoms with Crippen molar-refractivity contribution < 1.29 is 14.3 Å². The van der Waals surface area contributed by atoms with Crippen molar-refractivity contribution in [2.45, 2.75) is 38.7 Å². The molecule has 0 aliphatic heterocycles. The van der Waals surface area contributed by atoms with Gasteiger partial charge in [-0.15, -0.1) is 0 Å². The van der Waals surface area contributed by atoms with E-state index in [1.54, 1.807) is 0 Å². The average molecular weight is 186 g/mol. The van der Waals surface area contributed by atoms with Crippen molar-refractivity contribution in [3.05, 3.63) is 0 Å². The summed E-state index contributed by atoms with van der Waals surface area (Å²) in [7, 11) is 1.46. The van der Waals surface area contributed by atoms with Crippen LogP contribution < -0.4 is 0 Å². The van der Waals surface area contributed by atoms with Crippen LogP contribution in [0.5, 0.6) is 0 Å². The first kappa shape index (κ1) is 10.5. The zero-order valence-corrected chi connectivity index (χ0v) is 8.41. The molecule has 0 unspecified atom stereocenters. The quantitative estimate of drug-likeness (QED) is 0.630. The molecule has 0 heterocycles. The molecule has 0 aromatic carbocycles. The molecule has 0 amide bonds.